The Morgan fingerprint density at radius 3 is 2.41 bits per heavy atom. The average molecular weight is 476 g/mol. The Bertz CT molecular complexity index is 1060. The number of benzene rings is 2. The van der Waals surface area contributed by atoms with E-state index in [1.807, 2.05) is 13.0 Å². The van der Waals surface area contributed by atoms with Crippen molar-refractivity contribution >= 4 is 56.4 Å². The lowest BCUT2D eigenvalue weighted by Crippen LogP contribution is -2.41. The summed E-state index contributed by atoms with van der Waals surface area (Å²) in [6.07, 6.45) is 4.28. The minimum atomic E-state index is -3.79. The number of nitrogens with zero attached hydrogens (tertiary/aromatic N) is 1. The van der Waals surface area contributed by atoms with Crippen LogP contribution in [0.25, 0.3) is 0 Å². The maximum atomic E-state index is 12.6. The van der Waals surface area contributed by atoms with Crippen molar-refractivity contribution in [1.82, 2.24) is 5.32 Å². The molecule has 0 aliphatic heterocycles. The van der Waals surface area contributed by atoms with E-state index in [4.69, 9.17) is 34.8 Å². The predicted molar refractivity (Wildman–Crippen MR) is 119 cm³/mol. The molecule has 0 heterocycles. The zero-order valence-corrected chi connectivity index (χ0v) is 19.1. The van der Waals surface area contributed by atoms with Crippen LogP contribution in [0.15, 0.2) is 30.3 Å². The van der Waals surface area contributed by atoms with E-state index in [1.165, 1.54) is 23.3 Å². The van der Waals surface area contributed by atoms with Gasteiger partial charge in [-0.1, -0.05) is 53.0 Å². The number of fused-ring (bicyclic) bond motifs is 1. The molecule has 1 aliphatic rings. The molecule has 9 heteroatoms. The molecule has 0 saturated carbocycles. The zero-order valence-electron chi connectivity index (χ0n) is 16.0. The second kappa shape index (κ2) is 8.72. The maximum absolute atomic E-state index is 12.6. The Labute approximate surface area is 186 Å². The number of nitrogens with one attached hydrogen (secondary N) is 1. The van der Waals surface area contributed by atoms with Crippen molar-refractivity contribution in [1.29, 1.82) is 0 Å². The number of hydrogen-bond donors (Lipinski definition) is 1. The third-order valence-corrected chi connectivity index (χ3v) is 7.10. The van der Waals surface area contributed by atoms with Gasteiger partial charge >= 0.3 is 0 Å². The molecule has 156 valence electrons. The van der Waals surface area contributed by atoms with Crippen molar-refractivity contribution in [2.45, 2.75) is 32.2 Å². The third kappa shape index (κ3) is 5.18. The Morgan fingerprint density at radius 1 is 1.07 bits per heavy atom. The van der Waals surface area contributed by atoms with Crippen LogP contribution in [-0.4, -0.2) is 27.1 Å². The van der Waals surface area contributed by atoms with Crippen molar-refractivity contribution in [2.75, 3.05) is 17.1 Å². The lowest BCUT2D eigenvalue weighted by Gasteiger charge is -2.24. The smallest absolute Gasteiger partial charge is 0.241 e. The summed E-state index contributed by atoms with van der Waals surface area (Å²) >= 11 is 18.1. The highest BCUT2D eigenvalue weighted by atomic mass is 35.5. The SMILES string of the molecule is C[C@H](NC(=O)CN(c1cc(Cl)c(Cl)cc1Cl)S(C)(=O)=O)c1ccc2c(c1)CCC2. The van der Waals surface area contributed by atoms with Gasteiger partial charge in [0, 0.05) is 0 Å². The molecular weight excluding hydrogens is 455 g/mol. The van der Waals surface area contributed by atoms with Gasteiger partial charge in [0.2, 0.25) is 15.9 Å². The fourth-order valence-corrected chi connectivity index (χ4v) is 5.00. The minimum Gasteiger partial charge on any atom is -0.348 e. The molecule has 1 aliphatic carbocycles. The number of aryl methyl sites for hydroxylation is 2. The predicted octanol–water partition coefficient (Wildman–Crippen LogP) is 4.78. The van der Waals surface area contributed by atoms with Crippen LogP contribution in [0.5, 0.6) is 0 Å². The van der Waals surface area contributed by atoms with E-state index in [2.05, 4.69) is 17.4 Å². The second-order valence-electron chi connectivity index (χ2n) is 7.16. The van der Waals surface area contributed by atoms with E-state index in [0.717, 1.165) is 35.4 Å². The number of carbonyl (C=O) groups is 1. The number of carbonyl (C=O) groups excluding carboxylic acids is 1. The van der Waals surface area contributed by atoms with E-state index >= 15 is 0 Å². The molecule has 29 heavy (non-hydrogen) atoms. The third-order valence-electron chi connectivity index (χ3n) is 4.95. The quantitative estimate of drug-likeness (QED) is 0.612. The lowest BCUT2D eigenvalue weighted by molar-refractivity contribution is -0.120. The van der Waals surface area contributed by atoms with Crippen molar-refractivity contribution in [3.63, 3.8) is 0 Å². The van der Waals surface area contributed by atoms with Crippen LogP contribution in [0, 0.1) is 0 Å². The Morgan fingerprint density at radius 2 is 1.72 bits per heavy atom. The van der Waals surface area contributed by atoms with Gasteiger partial charge in [0.15, 0.2) is 0 Å². The monoisotopic (exact) mass is 474 g/mol. The van der Waals surface area contributed by atoms with Crippen LogP contribution < -0.4 is 9.62 Å². The summed E-state index contributed by atoms with van der Waals surface area (Å²) in [7, 11) is -3.79. The van der Waals surface area contributed by atoms with Crippen LogP contribution in [0.2, 0.25) is 15.1 Å². The van der Waals surface area contributed by atoms with Crippen LogP contribution in [0.1, 0.15) is 36.1 Å². The van der Waals surface area contributed by atoms with E-state index in [1.54, 1.807) is 0 Å². The van der Waals surface area contributed by atoms with Gasteiger partial charge in [-0.25, -0.2) is 8.42 Å². The van der Waals surface area contributed by atoms with Crippen molar-refractivity contribution in [2.24, 2.45) is 0 Å². The Kier molecular flexibility index (Phi) is 6.68. The first-order valence-corrected chi connectivity index (χ1v) is 12.1. The summed E-state index contributed by atoms with van der Waals surface area (Å²) in [6.45, 7) is 1.44. The number of sulfonamides is 1. The van der Waals surface area contributed by atoms with Crippen molar-refractivity contribution in [3.8, 4) is 0 Å². The fourth-order valence-electron chi connectivity index (χ4n) is 3.45. The van der Waals surface area contributed by atoms with Crippen molar-refractivity contribution in [3.05, 3.63) is 62.1 Å². The zero-order chi connectivity index (χ0) is 21.3. The van der Waals surface area contributed by atoms with Gasteiger partial charge in [-0.15, -0.1) is 0 Å². The summed E-state index contributed by atoms with van der Waals surface area (Å²) < 4.78 is 25.5. The number of rotatable bonds is 6. The lowest BCUT2D eigenvalue weighted by atomic mass is 10.0. The van der Waals surface area contributed by atoms with E-state index < -0.39 is 22.5 Å². The minimum absolute atomic E-state index is 0.0873. The average Bonchev–Trinajstić information content (AvgIpc) is 3.09. The van der Waals surface area contributed by atoms with Gasteiger partial charge in [-0.3, -0.25) is 9.10 Å². The van der Waals surface area contributed by atoms with E-state index in [0.29, 0.717) is 0 Å². The molecule has 0 aromatic heterocycles. The number of halogens is 3. The first kappa shape index (κ1) is 22.2. The number of anilines is 1. The van der Waals surface area contributed by atoms with Crippen LogP contribution in [0.4, 0.5) is 5.69 Å². The topological polar surface area (TPSA) is 66.5 Å². The van der Waals surface area contributed by atoms with Crippen LogP contribution in [-0.2, 0) is 27.7 Å². The molecule has 1 N–H and O–H groups in total. The number of hydrogen-bond acceptors (Lipinski definition) is 3. The molecule has 5 nitrogen and oxygen atoms in total. The van der Waals surface area contributed by atoms with Crippen LogP contribution in [0.3, 0.4) is 0 Å². The summed E-state index contributed by atoms with van der Waals surface area (Å²) in [5, 5.41) is 3.29. The molecule has 2 aromatic rings. The van der Waals surface area contributed by atoms with Gasteiger partial charge in [0.05, 0.1) is 33.1 Å². The summed E-state index contributed by atoms with van der Waals surface area (Å²) in [5.41, 5.74) is 3.75. The molecule has 0 fully saturated rings. The summed E-state index contributed by atoms with van der Waals surface area (Å²) in [5.74, 6) is -0.453. The highest BCUT2D eigenvalue weighted by Crippen LogP contribution is 2.35. The molecule has 0 unspecified atom stereocenters. The fraction of sp³-hybridized carbons (Fsp3) is 0.350. The molecule has 0 spiro atoms. The summed E-state index contributed by atoms with van der Waals surface area (Å²) in [6, 6.07) is 8.63. The standard InChI is InChI=1S/C20H21Cl3N2O3S/c1-12(14-7-6-13-4-3-5-15(13)8-14)24-20(26)11-25(29(2,27)28)19-10-17(22)16(21)9-18(19)23/h6-10,12H,3-5,11H2,1-2H3,(H,24,26)/t12-/m0/s1. The van der Waals surface area contributed by atoms with Gasteiger partial charge in [0.25, 0.3) is 0 Å². The van der Waals surface area contributed by atoms with Crippen molar-refractivity contribution < 1.29 is 13.2 Å². The van der Waals surface area contributed by atoms with Crippen LogP contribution >= 0.6 is 34.8 Å². The molecule has 0 radical (unpaired) electrons. The summed E-state index contributed by atoms with van der Waals surface area (Å²) in [4.78, 5) is 12.6. The maximum Gasteiger partial charge on any atom is 0.241 e. The second-order valence-corrected chi connectivity index (χ2v) is 10.3. The highest BCUT2D eigenvalue weighted by Gasteiger charge is 2.25. The number of amides is 1. The molecule has 2 aromatic carbocycles. The molecular formula is C20H21Cl3N2O3S. The first-order chi connectivity index (χ1) is 13.6. The van der Waals surface area contributed by atoms with E-state index in [9.17, 15) is 13.2 Å². The van der Waals surface area contributed by atoms with Gasteiger partial charge in [-0.2, -0.15) is 0 Å². The molecule has 1 amide bonds. The largest absolute Gasteiger partial charge is 0.348 e. The molecule has 3 rings (SSSR count). The Hall–Kier alpha value is -1.47. The molecule has 0 saturated heterocycles. The van der Waals surface area contributed by atoms with Gasteiger partial charge in [0.1, 0.15) is 6.54 Å². The van der Waals surface area contributed by atoms with Gasteiger partial charge < -0.3 is 5.32 Å². The highest BCUT2D eigenvalue weighted by molar-refractivity contribution is 7.92. The normalized spacial score (nSPS) is 14.4. The molecule has 1 atom stereocenters. The molecule has 0 bridgehead atoms. The van der Waals surface area contributed by atoms with Gasteiger partial charge in [-0.05, 0) is 55.0 Å². The first-order valence-electron chi connectivity index (χ1n) is 9.09. The Balaban J connectivity index is 1.78. The van der Waals surface area contributed by atoms with E-state index in [-0.39, 0.29) is 26.8 Å².